The highest BCUT2D eigenvalue weighted by Gasteiger charge is 2.13. The van der Waals surface area contributed by atoms with Crippen LogP contribution in [-0.2, 0) is 10.0 Å². The number of sulfonamides is 1. The molecule has 1 amide bonds. The average Bonchev–Trinajstić information content (AvgIpc) is 3.10. The number of H-pyrrole nitrogens is 1. The molecule has 0 aliphatic heterocycles. The molecule has 9 heteroatoms. The van der Waals surface area contributed by atoms with Gasteiger partial charge in [0, 0.05) is 29.2 Å². The van der Waals surface area contributed by atoms with Crippen LogP contribution in [0.2, 0.25) is 0 Å². The maximum atomic E-state index is 13.7. The molecule has 26 heavy (non-hydrogen) atoms. The predicted molar refractivity (Wildman–Crippen MR) is 96.8 cm³/mol. The first-order valence-corrected chi connectivity index (χ1v) is 9.39. The van der Waals surface area contributed by atoms with Crippen molar-refractivity contribution in [2.24, 2.45) is 0 Å². The molecule has 0 saturated heterocycles. The van der Waals surface area contributed by atoms with E-state index in [9.17, 15) is 17.6 Å². The maximum absolute atomic E-state index is 13.7. The number of hydrogen-bond acceptors (Lipinski definition) is 4. The molecule has 3 N–H and O–H groups in total. The highest BCUT2D eigenvalue weighted by Crippen LogP contribution is 2.21. The van der Waals surface area contributed by atoms with E-state index in [4.69, 9.17) is 0 Å². The molecule has 3 rings (SSSR count). The Bertz CT molecular complexity index is 1050. The van der Waals surface area contributed by atoms with E-state index in [2.05, 4.69) is 15.3 Å². The third-order valence-corrected chi connectivity index (χ3v) is 4.01. The fourth-order valence-electron chi connectivity index (χ4n) is 2.32. The van der Waals surface area contributed by atoms with Crippen LogP contribution in [0.25, 0.3) is 11.4 Å². The fourth-order valence-corrected chi connectivity index (χ4v) is 2.87. The van der Waals surface area contributed by atoms with Crippen LogP contribution in [0.5, 0.6) is 0 Å². The summed E-state index contributed by atoms with van der Waals surface area (Å²) >= 11 is 0. The number of halogens is 1. The molecule has 1 heterocycles. The zero-order valence-corrected chi connectivity index (χ0v) is 14.5. The summed E-state index contributed by atoms with van der Waals surface area (Å²) in [6.45, 7) is 0. The standard InChI is InChI=1S/C17H15FN4O3S/c1-26(24,25)22-15-10-12(5-6-14(15)18)17(23)21-13-4-2-3-11(9-13)16-19-7-8-20-16/h2-10,22H,1H3,(H,19,20)(H,21,23). The van der Waals surface area contributed by atoms with Crippen LogP contribution in [0.4, 0.5) is 15.8 Å². The molecule has 7 nitrogen and oxygen atoms in total. The van der Waals surface area contributed by atoms with E-state index in [1.165, 1.54) is 6.07 Å². The Morgan fingerprint density at radius 3 is 2.69 bits per heavy atom. The molecular weight excluding hydrogens is 359 g/mol. The Balaban J connectivity index is 1.82. The minimum Gasteiger partial charge on any atom is -0.345 e. The van der Waals surface area contributed by atoms with Gasteiger partial charge in [0.25, 0.3) is 5.91 Å². The van der Waals surface area contributed by atoms with Crippen LogP contribution in [0.1, 0.15) is 10.4 Å². The van der Waals surface area contributed by atoms with Gasteiger partial charge in [-0.25, -0.2) is 17.8 Å². The van der Waals surface area contributed by atoms with Crippen molar-refractivity contribution in [1.82, 2.24) is 9.97 Å². The number of carbonyl (C=O) groups is 1. The van der Waals surface area contributed by atoms with Gasteiger partial charge >= 0.3 is 0 Å². The van der Waals surface area contributed by atoms with Gasteiger partial charge in [0.1, 0.15) is 11.6 Å². The minimum absolute atomic E-state index is 0.112. The summed E-state index contributed by atoms with van der Waals surface area (Å²) in [4.78, 5) is 19.5. The highest BCUT2D eigenvalue weighted by molar-refractivity contribution is 7.92. The van der Waals surface area contributed by atoms with Crippen LogP contribution in [0.3, 0.4) is 0 Å². The largest absolute Gasteiger partial charge is 0.345 e. The number of nitrogens with one attached hydrogen (secondary N) is 3. The number of anilines is 2. The van der Waals surface area contributed by atoms with Crippen LogP contribution in [-0.4, -0.2) is 30.5 Å². The zero-order valence-electron chi connectivity index (χ0n) is 13.7. The first-order valence-electron chi connectivity index (χ1n) is 7.50. The molecule has 0 saturated carbocycles. The molecule has 1 aromatic heterocycles. The Morgan fingerprint density at radius 1 is 1.19 bits per heavy atom. The molecular formula is C17H15FN4O3S. The van der Waals surface area contributed by atoms with E-state index >= 15 is 0 Å². The van der Waals surface area contributed by atoms with Crippen molar-refractivity contribution >= 4 is 27.3 Å². The number of rotatable bonds is 5. The monoisotopic (exact) mass is 374 g/mol. The van der Waals surface area contributed by atoms with Crippen LogP contribution >= 0.6 is 0 Å². The third kappa shape index (κ3) is 4.25. The highest BCUT2D eigenvalue weighted by atomic mass is 32.2. The van der Waals surface area contributed by atoms with E-state index in [0.29, 0.717) is 11.5 Å². The maximum Gasteiger partial charge on any atom is 0.255 e. The van der Waals surface area contributed by atoms with Crippen molar-refractivity contribution in [3.63, 3.8) is 0 Å². The van der Waals surface area contributed by atoms with Gasteiger partial charge in [-0.3, -0.25) is 9.52 Å². The second-order valence-corrected chi connectivity index (χ2v) is 7.29. The molecule has 0 radical (unpaired) electrons. The lowest BCUT2D eigenvalue weighted by molar-refractivity contribution is 0.102. The number of aromatic amines is 1. The Labute approximate surface area is 149 Å². The molecule has 2 aromatic carbocycles. The van der Waals surface area contributed by atoms with Gasteiger partial charge in [-0.2, -0.15) is 0 Å². The molecule has 0 aliphatic carbocycles. The first-order chi connectivity index (χ1) is 12.3. The number of benzene rings is 2. The molecule has 3 aromatic rings. The number of imidazole rings is 1. The Kier molecular flexibility index (Phi) is 4.72. The SMILES string of the molecule is CS(=O)(=O)Nc1cc(C(=O)Nc2cccc(-c3ncc[nH]3)c2)ccc1F. The average molecular weight is 374 g/mol. The van der Waals surface area contributed by atoms with Crippen molar-refractivity contribution in [3.8, 4) is 11.4 Å². The van der Waals surface area contributed by atoms with Crippen molar-refractivity contribution in [3.05, 3.63) is 66.2 Å². The Morgan fingerprint density at radius 2 is 2.00 bits per heavy atom. The van der Waals surface area contributed by atoms with E-state index < -0.39 is 21.7 Å². The first kappa shape index (κ1) is 17.6. The van der Waals surface area contributed by atoms with Crippen LogP contribution in [0, 0.1) is 5.82 Å². The molecule has 0 aliphatic rings. The van der Waals surface area contributed by atoms with Crippen LogP contribution < -0.4 is 10.0 Å². The van der Waals surface area contributed by atoms with E-state index in [1.807, 2.05) is 10.8 Å². The lowest BCUT2D eigenvalue weighted by Crippen LogP contribution is -2.15. The normalized spacial score (nSPS) is 11.2. The van der Waals surface area contributed by atoms with Gasteiger partial charge in [-0.15, -0.1) is 0 Å². The van der Waals surface area contributed by atoms with Gasteiger partial charge in [-0.05, 0) is 30.3 Å². The second kappa shape index (κ2) is 6.96. The van der Waals surface area contributed by atoms with E-state index in [0.717, 1.165) is 24.0 Å². The second-order valence-electron chi connectivity index (χ2n) is 5.54. The Hall–Kier alpha value is -3.20. The molecule has 0 atom stereocenters. The van der Waals surface area contributed by atoms with Crippen molar-refractivity contribution < 1.29 is 17.6 Å². The smallest absolute Gasteiger partial charge is 0.255 e. The number of aromatic nitrogens is 2. The lowest BCUT2D eigenvalue weighted by atomic mass is 10.1. The third-order valence-electron chi connectivity index (χ3n) is 3.42. The van der Waals surface area contributed by atoms with Gasteiger partial charge in [-0.1, -0.05) is 12.1 Å². The lowest BCUT2D eigenvalue weighted by Gasteiger charge is -2.09. The summed E-state index contributed by atoms with van der Waals surface area (Å²) < 4.78 is 38.3. The van der Waals surface area contributed by atoms with Gasteiger partial charge in [0.05, 0.1) is 11.9 Å². The van der Waals surface area contributed by atoms with Crippen molar-refractivity contribution in [2.45, 2.75) is 0 Å². The van der Waals surface area contributed by atoms with Gasteiger partial charge in [0.15, 0.2) is 0 Å². The quantitative estimate of drug-likeness (QED) is 0.639. The summed E-state index contributed by atoms with van der Waals surface area (Å²) in [5.41, 5.74) is 1.13. The van der Waals surface area contributed by atoms with E-state index in [-0.39, 0.29) is 11.3 Å². The summed E-state index contributed by atoms with van der Waals surface area (Å²) in [6, 6.07) is 10.5. The predicted octanol–water partition coefficient (Wildman–Crippen LogP) is 2.84. The van der Waals surface area contributed by atoms with Crippen molar-refractivity contribution in [2.75, 3.05) is 16.3 Å². The summed E-state index contributed by atoms with van der Waals surface area (Å²) in [5.74, 6) is -0.618. The topological polar surface area (TPSA) is 104 Å². The van der Waals surface area contributed by atoms with Crippen LogP contribution in [0.15, 0.2) is 54.9 Å². The molecule has 0 fully saturated rings. The summed E-state index contributed by atoms with van der Waals surface area (Å²) in [6.07, 6.45) is 4.21. The number of hydrogen-bond donors (Lipinski definition) is 3. The van der Waals surface area contributed by atoms with Gasteiger partial charge < -0.3 is 10.3 Å². The molecule has 0 bridgehead atoms. The van der Waals surface area contributed by atoms with Crippen molar-refractivity contribution in [1.29, 1.82) is 0 Å². The number of carbonyl (C=O) groups excluding carboxylic acids is 1. The minimum atomic E-state index is -3.66. The number of nitrogens with zero attached hydrogens (tertiary/aromatic N) is 1. The fraction of sp³-hybridized carbons (Fsp3) is 0.0588. The molecule has 0 unspecified atom stereocenters. The zero-order chi connectivity index (χ0) is 18.7. The van der Waals surface area contributed by atoms with E-state index in [1.54, 1.807) is 30.6 Å². The van der Waals surface area contributed by atoms with Gasteiger partial charge in [0.2, 0.25) is 10.0 Å². The summed E-state index contributed by atoms with van der Waals surface area (Å²) in [5, 5.41) is 2.69. The molecule has 134 valence electrons. The summed E-state index contributed by atoms with van der Waals surface area (Å²) in [7, 11) is -3.66. The number of amides is 1. The molecule has 0 spiro atoms.